The molecule has 0 N–H and O–H groups in total. The molecule has 0 unspecified atom stereocenters. The molecule has 1 aromatic heterocycles. The van der Waals surface area contributed by atoms with E-state index in [1.54, 1.807) is 18.6 Å². The van der Waals surface area contributed by atoms with Gasteiger partial charge >= 0.3 is 0 Å². The first-order valence-electron chi connectivity index (χ1n) is 6.79. The van der Waals surface area contributed by atoms with Crippen LogP contribution >= 0.6 is 15.9 Å². The lowest BCUT2D eigenvalue weighted by Gasteiger charge is -2.02. The number of imidazole rings is 1. The minimum atomic E-state index is -0.0204. The Morgan fingerprint density at radius 1 is 1.09 bits per heavy atom. The van der Waals surface area contributed by atoms with E-state index in [0.717, 1.165) is 15.7 Å². The molecule has 1 heterocycles. The molecule has 2 aromatic carbocycles. The van der Waals surface area contributed by atoms with Crippen LogP contribution in [0.5, 0.6) is 0 Å². The summed E-state index contributed by atoms with van der Waals surface area (Å²) in [6, 6.07) is 15.2. The van der Waals surface area contributed by atoms with Gasteiger partial charge < -0.3 is 4.57 Å². The number of ketones is 1. The second kappa shape index (κ2) is 6.54. The first kappa shape index (κ1) is 14.5. The van der Waals surface area contributed by atoms with Gasteiger partial charge in [-0.25, -0.2) is 4.98 Å². The third-order valence-electron chi connectivity index (χ3n) is 3.27. The monoisotopic (exact) mass is 352 g/mol. The molecular weight excluding hydrogens is 340 g/mol. The summed E-state index contributed by atoms with van der Waals surface area (Å²) in [4.78, 5) is 16.2. The minimum Gasteiger partial charge on any atom is -0.306 e. The maximum absolute atomic E-state index is 12.2. The van der Waals surface area contributed by atoms with Crippen molar-refractivity contribution in [3.05, 3.63) is 88.9 Å². The number of hydrogen-bond donors (Lipinski definition) is 0. The molecule has 0 radical (unpaired) electrons. The van der Waals surface area contributed by atoms with Gasteiger partial charge in [-0.05, 0) is 48.0 Å². The fourth-order valence-electron chi connectivity index (χ4n) is 2.08. The van der Waals surface area contributed by atoms with Crippen molar-refractivity contribution in [1.82, 2.24) is 9.55 Å². The average Bonchev–Trinajstić information content (AvgIpc) is 3.08. The van der Waals surface area contributed by atoms with Crippen LogP contribution in [-0.4, -0.2) is 15.3 Å². The molecule has 0 saturated heterocycles. The SMILES string of the molecule is O=C(C=Cc1ccccc1Br)c1ccc(-n2ccnc2)cc1. The van der Waals surface area contributed by atoms with Gasteiger partial charge in [0.05, 0.1) is 6.33 Å². The molecule has 0 bridgehead atoms. The van der Waals surface area contributed by atoms with Crippen LogP contribution in [0.4, 0.5) is 0 Å². The lowest BCUT2D eigenvalue weighted by molar-refractivity contribution is 0.104. The van der Waals surface area contributed by atoms with Crippen LogP contribution in [0.3, 0.4) is 0 Å². The number of allylic oxidation sites excluding steroid dienone is 1. The van der Waals surface area contributed by atoms with Crippen molar-refractivity contribution < 1.29 is 4.79 Å². The lowest BCUT2D eigenvalue weighted by atomic mass is 10.1. The number of halogens is 1. The highest BCUT2D eigenvalue weighted by atomic mass is 79.9. The molecule has 108 valence electrons. The van der Waals surface area contributed by atoms with E-state index in [0.29, 0.717) is 5.56 Å². The van der Waals surface area contributed by atoms with Gasteiger partial charge in [0.1, 0.15) is 0 Å². The molecule has 3 rings (SSSR count). The van der Waals surface area contributed by atoms with Gasteiger partial charge in [0.2, 0.25) is 0 Å². The van der Waals surface area contributed by atoms with E-state index >= 15 is 0 Å². The first-order valence-corrected chi connectivity index (χ1v) is 7.59. The maximum atomic E-state index is 12.2. The summed E-state index contributed by atoms with van der Waals surface area (Å²) in [5, 5.41) is 0. The Morgan fingerprint density at radius 3 is 2.55 bits per heavy atom. The Balaban J connectivity index is 1.77. The predicted molar refractivity (Wildman–Crippen MR) is 91.1 cm³/mol. The number of hydrogen-bond acceptors (Lipinski definition) is 2. The summed E-state index contributed by atoms with van der Waals surface area (Å²) < 4.78 is 2.86. The molecule has 0 amide bonds. The van der Waals surface area contributed by atoms with Gasteiger partial charge in [-0.2, -0.15) is 0 Å². The number of aromatic nitrogens is 2. The molecule has 0 aliphatic carbocycles. The fraction of sp³-hybridized carbons (Fsp3) is 0. The zero-order valence-electron chi connectivity index (χ0n) is 11.7. The van der Waals surface area contributed by atoms with Crippen molar-refractivity contribution in [2.75, 3.05) is 0 Å². The van der Waals surface area contributed by atoms with Crippen molar-refractivity contribution in [2.24, 2.45) is 0 Å². The highest BCUT2D eigenvalue weighted by molar-refractivity contribution is 9.10. The zero-order chi connectivity index (χ0) is 15.4. The Morgan fingerprint density at radius 2 is 1.86 bits per heavy atom. The first-order chi connectivity index (χ1) is 10.7. The van der Waals surface area contributed by atoms with Gasteiger partial charge in [0.15, 0.2) is 5.78 Å². The third-order valence-corrected chi connectivity index (χ3v) is 4.00. The Labute approximate surface area is 137 Å². The molecule has 0 aliphatic rings. The van der Waals surface area contributed by atoms with Gasteiger partial charge in [0, 0.05) is 28.1 Å². The summed E-state index contributed by atoms with van der Waals surface area (Å²) in [5.74, 6) is -0.0204. The highest BCUT2D eigenvalue weighted by Gasteiger charge is 2.03. The standard InChI is InChI=1S/C18H13BrN2O/c19-17-4-2-1-3-14(17)7-10-18(22)15-5-8-16(9-6-15)21-12-11-20-13-21/h1-13H. The molecule has 0 fully saturated rings. The van der Waals surface area contributed by atoms with Crippen molar-refractivity contribution in [2.45, 2.75) is 0 Å². The number of benzene rings is 2. The van der Waals surface area contributed by atoms with Gasteiger partial charge in [0.25, 0.3) is 0 Å². The number of carbonyl (C=O) groups is 1. The van der Waals surface area contributed by atoms with Crippen LogP contribution in [0.1, 0.15) is 15.9 Å². The maximum Gasteiger partial charge on any atom is 0.185 e. The van der Waals surface area contributed by atoms with Gasteiger partial charge in [-0.15, -0.1) is 0 Å². The molecule has 0 aliphatic heterocycles. The number of rotatable bonds is 4. The molecule has 4 heteroatoms. The molecule has 3 nitrogen and oxygen atoms in total. The third kappa shape index (κ3) is 3.23. The zero-order valence-corrected chi connectivity index (χ0v) is 13.3. The largest absolute Gasteiger partial charge is 0.306 e. The molecule has 3 aromatic rings. The Kier molecular flexibility index (Phi) is 4.30. The molecule has 22 heavy (non-hydrogen) atoms. The number of nitrogens with zero attached hydrogens (tertiary/aromatic N) is 2. The van der Waals surface area contributed by atoms with Crippen LogP contribution < -0.4 is 0 Å². The van der Waals surface area contributed by atoms with Gasteiger partial charge in [-0.1, -0.05) is 34.1 Å². The topological polar surface area (TPSA) is 34.9 Å². The van der Waals surface area contributed by atoms with E-state index in [9.17, 15) is 4.79 Å². The Bertz CT molecular complexity index is 805. The second-order valence-electron chi connectivity index (χ2n) is 4.74. The van der Waals surface area contributed by atoms with Crippen molar-refractivity contribution in [3.8, 4) is 5.69 Å². The van der Waals surface area contributed by atoms with E-state index in [4.69, 9.17) is 0 Å². The van der Waals surface area contributed by atoms with E-state index in [-0.39, 0.29) is 5.78 Å². The van der Waals surface area contributed by atoms with Crippen molar-refractivity contribution in [1.29, 1.82) is 0 Å². The van der Waals surface area contributed by atoms with Crippen LogP contribution in [-0.2, 0) is 0 Å². The van der Waals surface area contributed by atoms with Crippen molar-refractivity contribution >= 4 is 27.8 Å². The summed E-state index contributed by atoms with van der Waals surface area (Å²) in [7, 11) is 0. The quantitative estimate of drug-likeness (QED) is 0.510. The predicted octanol–water partition coefficient (Wildman–Crippen LogP) is 4.53. The van der Waals surface area contributed by atoms with Crippen LogP contribution in [0, 0.1) is 0 Å². The van der Waals surface area contributed by atoms with Crippen LogP contribution in [0.2, 0.25) is 0 Å². The average molecular weight is 353 g/mol. The van der Waals surface area contributed by atoms with Crippen LogP contribution in [0.25, 0.3) is 11.8 Å². The van der Waals surface area contributed by atoms with E-state index < -0.39 is 0 Å². The van der Waals surface area contributed by atoms with E-state index in [1.165, 1.54) is 0 Å². The summed E-state index contributed by atoms with van der Waals surface area (Å²) in [5.41, 5.74) is 2.61. The van der Waals surface area contributed by atoms with E-state index in [1.807, 2.05) is 65.4 Å². The summed E-state index contributed by atoms with van der Waals surface area (Å²) >= 11 is 3.46. The Hall–Kier alpha value is -2.46. The lowest BCUT2D eigenvalue weighted by Crippen LogP contribution is -1.96. The molecule has 0 saturated carbocycles. The summed E-state index contributed by atoms with van der Waals surface area (Å²) in [6.07, 6.45) is 8.72. The second-order valence-corrected chi connectivity index (χ2v) is 5.59. The van der Waals surface area contributed by atoms with Gasteiger partial charge in [-0.3, -0.25) is 4.79 Å². The van der Waals surface area contributed by atoms with Crippen molar-refractivity contribution in [3.63, 3.8) is 0 Å². The molecule has 0 atom stereocenters. The van der Waals surface area contributed by atoms with E-state index in [2.05, 4.69) is 20.9 Å². The minimum absolute atomic E-state index is 0.0204. The number of carbonyl (C=O) groups excluding carboxylic acids is 1. The highest BCUT2D eigenvalue weighted by Crippen LogP contribution is 2.18. The molecule has 0 spiro atoms. The normalized spacial score (nSPS) is 11.0. The fourth-order valence-corrected chi connectivity index (χ4v) is 2.50. The smallest absolute Gasteiger partial charge is 0.185 e. The summed E-state index contributed by atoms with van der Waals surface area (Å²) in [6.45, 7) is 0. The van der Waals surface area contributed by atoms with Crippen LogP contribution in [0.15, 0.2) is 77.8 Å². The molecular formula is C18H13BrN2O.